The summed E-state index contributed by atoms with van der Waals surface area (Å²) in [6, 6.07) is 15.9. The second kappa shape index (κ2) is 10.7. The van der Waals surface area contributed by atoms with Crippen molar-refractivity contribution in [1.29, 1.82) is 0 Å². The number of fused-ring (bicyclic) bond motifs is 1. The van der Waals surface area contributed by atoms with Crippen LogP contribution in [0.4, 0.5) is 11.6 Å². The molecule has 8 nitrogen and oxygen atoms in total. The normalized spacial score (nSPS) is 14.5. The molecule has 0 spiro atoms. The van der Waals surface area contributed by atoms with Crippen LogP contribution in [0.3, 0.4) is 0 Å². The van der Waals surface area contributed by atoms with Crippen molar-refractivity contribution in [2.24, 2.45) is 5.92 Å². The molecule has 0 saturated carbocycles. The number of rotatable bonds is 7. The Morgan fingerprint density at radius 3 is 2.62 bits per heavy atom. The summed E-state index contributed by atoms with van der Waals surface area (Å²) in [6.07, 6.45) is 3.84. The van der Waals surface area contributed by atoms with E-state index in [-0.39, 0.29) is 12.4 Å². The second-order valence-electron chi connectivity index (χ2n) is 8.46. The van der Waals surface area contributed by atoms with E-state index in [0.717, 1.165) is 48.1 Å². The fourth-order valence-electron chi connectivity index (χ4n) is 4.14. The Bertz CT molecular complexity index is 1220. The number of aromatic nitrogens is 4. The molecule has 178 valence electrons. The van der Waals surface area contributed by atoms with Crippen LogP contribution in [-0.2, 0) is 0 Å². The molecule has 0 radical (unpaired) electrons. The first-order valence-electron chi connectivity index (χ1n) is 11.2. The van der Waals surface area contributed by atoms with Crippen molar-refractivity contribution in [2.45, 2.75) is 12.8 Å². The predicted octanol–water partition coefficient (Wildman–Crippen LogP) is 4.91. The zero-order valence-corrected chi connectivity index (χ0v) is 20.1. The number of aromatic amines is 1. The summed E-state index contributed by atoms with van der Waals surface area (Å²) in [5, 5.41) is 11.6. The largest absolute Gasteiger partial charge is 0.493 e. The van der Waals surface area contributed by atoms with Crippen molar-refractivity contribution < 1.29 is 9.47 Å². The summed E-state index contributed by atoms with van der Waals surface area (Å²) in [5.74, 6) is 3.27. The molecule has 1 fully saturated rings. The van der Waals surface area contributed by atoms with Gasteiger partial charge < -0.3 is 19.7 Å². The highest BCUT2D eigenvalue weighted by molar-refractivity contribution is 5.93. The molecule has 2 aromatic carbocycles. The molecule has 5 rings (SSSR count). The second-order valence-corrected chi connectivity index (χ2v) is 8.46. The lowest BCUT2D eigenvalue weighted by Crippen LogP contribution is -2.32. The number of nitrogens with zero attached hydrogens (tertiary/aromatic N) is 4. The third-order valence-electron chi connectivity index (χ3n) is 6.14. The van der Waals surface area contributed by atoms with Gasteiger partial charge in [-0.2, -0.15) is 5.10 Å². The lowest BCUT2D eigenvalue weighted by Gasteiger charge is -2.28. The monoisotopic (exact) mass is 480 g/mol. The van der Waals surface area contributed by atoms with Gasteiger partial charge in [0.05, 0.1) is 24.9 Å². The average molecular weight is 481 g/mol. The van der Waals surface area contributed by atoms with Crippen LogP contribution in [0, 0.1) is 5.92 Å². The molecule has 2 N–H and O–H groups in total. The Hall–Kier alpha value is -3.36. The van der Waals surface area contributed by atoms with Crippen LogP contribution in [0.1, 0.15) is 12.8 Å². The van der Waals surface area contributed by atoms with Gasteiger partial charge in [-0.05, 0) is 50.5 Å². The van der Waals surface area contributed by atoms with Crippen LogP contribution in [0.2, 0.25) is 0 Å². The molecular formula is C25H29ClN6O2. The molecule has 3 heterocycles. The summed E-state index contributed by atoms with van der Waals surface area (Å²) in [5.41, 5.74) is 2.78. The lowest BCUT2D eigenvalue weighted by molar-refractivity contribution is 0.157. The Morgan fingerprint density at radius 2 is 1.85 bits per heavy atom. The van der Waals surface area contributed by atoms with E-state index in [1.54, 1.807) is 13.4 Å². The van der Waals surface area contributed by atoms with Crippen LogP contribution in [0.5, 0.6) is 11.5 Å². The standard InChI is InChI=1S/C25H28N6O2.ClH/c1-31-10-8-17(9-11-31)15-33-23-13-21-19(12-22(23)32-2)25(27-16-26-21)28-24-14-20(29-30-24)18-6-4-3-5-7-18;/h3-7,12-14,16-17H,8-11,15H2,1-2H3,(H2,26,27,28,29,30);1H. The van der Waals surface area contributed by atoms with Gasteiger partial charge in [0.2, 0.25) is 0 Å². The fraction of sp³-hybridized carbons (Fsp3) is 0.320. The van der Waals surface area contributed by atoms with Crippen molar-refractivity contribution in [3.05, 3.63) is 54.9 Å². The highest BCUT2D eigenvalue weighted by Crippen LogP contribution is 2.35. The van der Waals surface area contributed by atoms with E-state index in [1.165, 1.54) is 0 Å². The molecule has 2 aromatic heterocycles. The molecule has 1 aliphatic heterocycles. The maximum absolute atomic E-state index is 6.18. The topological polar surface area (TPSA) is 88.2 Å². The van der Waals surface area contributed by atoms with Gasteiger partial charge in [-0.3, -0.25) is 5.10 Å². The maximum atomic E-state index is 6.18. The SMILES string of the molecule is COc1cc2c(Nc3cc(-c4ccccc4)[nH]n3)ncnc2cc1OCC1CCN(C)CC1.Cl. The van der Waals surface area contributed by atoms with E-state index in [0.29, 0.717) is 35.7 Å². The van der Waals surface area contributed by atoms with Crippen LogP contribution >= 0.6 is 12.4 Å². The molecular weight excluding hydrogens is 452 g/mol. The number of likely N-dealkylation sites (tertiary alicyclic amines) is 1. The van der Waals surface area contributed by atoms with Crippen LogP contribution < -0.4 is 14.8 Å². The van der Waals surface area contributed by atoms with E-state index in [4.69, 9.17) is 9.47 Å². The van der Waals surface area contributed by atoms with Crippen molar-refractivity contribution in [3.8, 4) is 22.8 Å². The Balaban J connectivity index is 0.00000274. The minimum absolute atomic E-state index is 0. The Morgan fingerprint density at radius 1 is 1.06 bits per heavy atom. The summed E-state index contributed by atoms with van der Waals surface area (Å²) in [6.45, 7) is 2.91. The molecule has 34 heavy (non-hydrogen) atoms. The molecule has 0 unspecified atom stereocenters. The van der Waals surface area contributed by atoms with Gasteiger partial charge in [-0.1, -0.05) is 30.3 Å². The molecule has 1 aliphatic rings. The third kappa shape index (κ3) is 5.24. The van der Waals surface area contributed by atoms with Gasteiger partial charge in [0.15, 0.2) is 17.3 Å². The van der Waals surface area contributed by atoms with Crippen molar-refractivity contribution in [1.82, 2.24) is 25.1 Å². The van der Waals surface area contributed by atoms with Crippen molar-refractivity contribution >= 4 is 34.9 Å². The first-order valence-corrected chi connectivity index (χ1v) is 11.2. The van der Waals surface area contributed by atoms with Crippen LogP contribution in [0.15, 0.2) is 54.9 Å². The van der Waals surface area contributed by atoms with E-state index >= 15 is 0 Å². The van der Waals surface area contributed by atoms with Gasteiger partial charge >= 0.3 is 0 Å². The Kier molecular flexibility index (Phi) is 7.49. The molecule has 1 saturated heterocycles. The number of ether oxygens (including phenoxy) is 2. The highest BCUT2D eigenvalue weighted by Gasteiger charge is 2.19. The van der Waals surface area contributed by atoms with E-state index in [1.807, 2.05) is 48.5 Å². The first-order chi connectivity index (χ1) is 16.2. The number of nitrogens with one attached hydrogen (secondary N) is 2. The molecule has 0 amide bonds. The number of hydrogen-bond donors (Lipinski definition) is 2. The maximum Gasteiger partial charge on any atom is 0.163 e. The number of H-pyrrole nitrogens is 1. The summed E-state index contributed by atoms with van der Waals surface area (Å²) < 4.78 is 11.8. The van der Waals surface area contributed by atoms with Gasteiger partial charge in [0, 0.05) is 17.5 Å². The number of anilines is 2. The molecule has 0 bridgehead atoms. The van der Waals surface area contributed by atoms with Crippen LogP contribution in [0.25, 0.3) is 22.2 Å². The summed E-state index contributed by atoms with van der Waals surface area (Å²) in [4.78, 5) is 11.3. The quantitative estimate of drug-likeness (QED) is 0.388. The fourth-order valence-corrected chi connectivity index (χ4v) is 4.14. The molecule has 0 atom stereocenters. The van der Waals surface area contributed by atoms with E-state index < -0.39 is 0 Å². The minimum Gasteiger partial charge on any atom is -0.493 e. The van der Waals surface area contributed by atoms with E-state index in [9.17, 15) is 0 Å². The van der Waals surface area contributed by atoms with E-state index in [2.05, 4.69) is 37.4 Å². The van der Waals surface area contributed by atoms with Gasteiger partial charge in [0.25, 0.3) is 0 Å². The summed E-state index contributed by atoms with van der Waals surface area (Å²) >= 11 is 0. The molecule has 0 aliphatic carbocycles. The average Bonchev–Trinajstić information content (AvgIpc) is 3.32. The zero-order chi connectivity index (χ0) is 22.6. The van der Waals surface area contributed by atoms with Crippen LogP contribution in [-0.4, -0.2) is 58.9 Å². The van der Waals surface area contributed by atoms with Crippen molar-refractivity contribution in [2.75, 3.05) is 39.2 Å². The summed E-state index contributed by atoms with van der Waals surface area (Å²) in [7, 11) is 3.82. The predicted molar refractivity (Wildman–Crippen MR) is 136 cm³/mol. The zero-order valence-electron chi connectivity index (χ0n) is 19.3. The first kappa shape index (κ1) is 23.8. The smallest absolute Gasteiger partial charge is 0.163 e. The van der Waals surface area contributed by atoms with Gasteiger partial charge in [-0.15, -0.1) is 12.4 Å². The Labute approximate surface area is 205 Å². The van der Waals surface area contributed by atoms with Gasteiger partial charge in [-0.25, -0.2) is 9.97 Å². The number of hydrogen-bond acceptors (Lipinski definition) is 7. The minimum atomic E-state index is 0. The number of methoxy groups -OCH3 is 1. The number of piperidine rings is 1. The van der Waals surface area contributed by atoms with Crippen molar-refractivity contribution in [3.63, 3.8) is 0 Å². The molecule has 9 heteroatoms. The number of benzene rings is 2. The van der Waals surface area contributed by atoms with Gasteiger partial charge in [0.1, 0.15) is 12.1 Å². The molecule has 4 aromatic rings. The highest BCUT2D eigenvalue weighted by atomic mass is 35.5. The number of halogens is 1. The lowest BCUT2D eigenvalue weighted by atomic mass is 9.98. The third-order valence-corrected chi connectivity index (χ3v) is 6.14.